The van der Waals surface area contributed by atoms with Gasteiger partial charge in [0.25, 0.3) is 11.8 Å². The summed E-state index contributed by atoms with van der Waals surface area (Å²) in [4.78, 5) is 21.7. The Labute approximate surface area is 220 Å². The van der Waals surface area contributed by atoms with Crippen molar-refractivity contribution < 1.29 is 13.9 Å². The number of aromatic nitrogens is 6. The zero-order valence-electron chi connectivity index (χ0n) is 21.4. The minimum atomic E-state index is -0.598. The van der Waals surface area contributed by atoms with Crippen LogP contribution in [-0.2, 0) is 6.42 Å². The number of rotatable bonds is 9. The molecule has 1 atom stereocenters. The third kappa shape index (κ3) is 5.96. The average molecular weight is 532 g/mol. The van der Waals surface area contributed by atoms with E-state index >= 15 is 4.39 Å². The minimum absolute atomic E-state index is 0.0477. The first-order valence-corrected chi connectivity index (χ1v) is 12.8. The van der Waals surface area contributed by atoms with Gasteiger partial charge < -0.3 is 15.0 Å². The van der Waals surface area contributed by atoms with Crippen LogP contribution in [0.15, 0.2) is 18.3 Å². The van der Waals surface area contributed by atoms with Gasteiger partial charge in [-0.1, -0.05) is 42.2 Å². The summed E-state index contributed by atoms with van der Waals surface area (Å²) in [5.41, 5.74) is 0.925. The van der Waals surface area contributed by atoms with E-state index in [2.05, 4.69) is 54.6 Å². The van der Waals surface area contributed by atoms with E-state index in [0.717, 1.165) is 19.4 Å². The Morgan fingerprint density at radius 2 is 2.00 bits per heavy atom. The Balaban J connectivity index is 1.73. The van der Waals surface area contributed by atoms with Crippen LogP contribution in [0.2, 0.25) is 5.15 Å². The second kappa shape index (κ2) is 11.8. The maximum Gasteiger partial charge on any atom is 0.279 e. The van der Waals surface area contributed by atoms with Crippen molar-refractivity contribution in [1.29, 1.82) is 0 Å². The predicted molar refractivity (Wildman–Crippen MR) is 138 cm³/mol. The number of hydrogen-bond acceptors (Lipinski definition) is 9. The van der Waals surface area contributed by atoms with Crippen molar-refractivity contribution >= 4 is 28.9 Å². The molecule has 37 heavy (non-hydrogen) atoms. The van der Waals surface area contributed by atoms with Crippen molar-refractivity contribution in [1.82, 2.24) is 35.1 Å². The summed E-state index contributed by atoms with van der Waals surface area (Å²) in [6.07, 6.45) is 4.06. The van der Waals surface area contributed by atoms with Crippen LogP contribution in [0.1, 0.15) is 49.9 Å². The van der Waals surface area contributed by atoms with Crippen LogP contribution in [0.25, 0.3) is 5.69 Å². The van der Waals surface area contributed by atoms with E-state index in [9.17, 15) is 4.79 Å². The van der Waals surface area contributed by atoms with E-state index in [4.69, 9.17) is 16.3 Å². The Kier molecular flexibility index (Phi) is 8.49. The number of piperazine rings is 1. The smallest absolute Gasteiger partial charge is 0.279 e. The largest absolute Gasteiger partial charge is 0.476 e. The van der Waals surface area contributed by atoms with Crippen LogP contribution in [0, 0.1) is 5.82 Å². The van der Waals surface area contributed by atoms with E-state index in [1.165, 1.54) is 23.0 Å². The number of benzene rings is 1. The van der Waals surface area contributed by atoms with E-state index in [1.807, 2.05) is 13.8 Å². The standard InChI is InChI=1S/C24H31ClFN9O2/c1-5-8-15-13-34(10-9-33(15)4)19-11-16(26)18(35-14-21(30-32-35)37-7-3)12-17(19)27-24(36)22-23(25)28-20(6-2)29-31-22/h11-12,14-15H,5-10,13H2,1-4H3,(H,27,36)/t15-/m1/s1. The van der Waals surface area contributed by atoms with Crippen molar-refractivity contribution in [3.63, 3.8) is 0 Å². The van der Waals surface area contributed by atoms with Crippen LogP contribution in [0.3, 0.4) is 0 Å². The van der Waals surface area contributed by atoms with Crippen molar-refractivity contribution in [3.05, 3.63) is 40.8 Å². The number of nitrogens with zero attached hydrogens (tertiary/aromatic N) is 8. The number of anilines is 2. The number of carbonyl (C=O) groups excluding carboxylic acids is 1. The highest BCUT2D eigenvalue weighted by Crippen LogP contribution is 2.33. The van der Waals surface area contributed by atoms with Gasteiger partial charge >= 0.3 is 0 Å². The summed E-state index contributed by atoms with van der Waals surface area (Å²) in [7, 11) is 2.10. The maximum absolute atomic E-state index is 15.5. The molecule has 1 fully saturated rings. The summed E-state index contributed by atoms with van der Waals surface area (Å²) in [5.74, 6) is -0.415. The highest BCUT2D eigenvalue weighted by Gasteiger charge is 2.28. The third-order valence-corrected chi connectivity index (χ3v) is 6.55. The molecule has 1 N–H and O–H groups in total. The summed E-state index contributed by atoms with van der Waals surface area (Å²) in [6.45, 7) is 8.39. The monoisotopic (exact) mass is 531 g/mol. The Bertz CT molecular complexity index is 1250. The van der Waals surface area contributed by atoms with Crippen molar-refractivity contribution in [2.75, 3.05) is 43.5 Å². The molecule has 0 aliphatic carbocycles. The molecule has 0 saturated carbocycles. The molecule has 2 aromatic heterocycles. The molecule has 198 valence electrons. The topological polar surface area (TPSA) is 114 Å². The lowest BCUT2D eigenvalue weighted by molar-refractivity contribution is 0.102. The molecule has 1 aliphatic rings. The molecule has 11 nitrogen and oxygen atoms in total. The molecule has 0 unspecified atom stereocenters. The molecular weight excluding hydrogens is 501 g/mol. The summed E-state index contributed by atoms with van der Waals surface area (Å²) in [6, 6.07) is 3.24. The maximum atomic E-state index is 15.5. The van der Waals surface area contributed by atoms with Crippen molar-refractivity contribution in [3.8, 4) is 11.6 Å². The summed E-state index contributed by atoms with van der Waals surface area (Å²) in [5, 5.41) is 18.6. The van der Waals surface area contributed by atoms with Crippen LogP contribution < -0.4 is 15.0 Å². The normalized spacial score (nSPS) is 16.2. The van der Waals surface area contributed by atoms with Gasteiger partial charge in [0.05, 0.1) is 24.2 Å². The Morgan fingerprint density at radius 3 is 2.70 bits per heavy atom. The van der Waals surface area contributed by atoms with Crippen LogP contribution in [0.4, 0.5) is 15.8 Å². The molecule has 4 rings (SSSR count). The highest BCUT2D eigenvalue weighted by atomic mass is 35.5. The molecule has 13 heteroatoms. The average Bonchev–Trinajstić information content (AvgIpc) is 3.34. The number of ether oxygens (including phenoxy) is 1. The quantitative estimate of drug-likeness (QED) is 0.443. The van der Waals surface area contributed by atoms with Gasteiger partial charge in [-0.3, -0.25) is 9.69 Å². The zero-order valence-corrected chi connectivity index (χ0v) is 22.2. The number of amides is 1. The first-order chi connectivity index (χ1) is 17.8. The lowest BCUT2D eigenvalue weighted by Crippen LogP contribution is -2.51. The van der Waals surface area contributed by atoms with Crippen LogP contribution in [-0.4, -0.2) is 80.3 Å². The zero-order chi connectivity index (χ0) is 26.5. The van der Waals surface area contributed by atoms with Gasteiger partial charge in [-0.15, -0.1) is 10.2 Å². The highest BCUT2D eigenvalue weighted by molar-refractivity contribution is 6.32. The molecule has 1 saturated heterocycles. The number of halogens is 2. The second-order valence-electron chi connectivity index (χ2n) is 8.80. The molecule has 0 bridgehead atoms. The van der Waals surface area contributed by atoms with Crippen LogP contribution in [0.5, 0.6) is 5.88 Å². The van der Waals surface area contributed by atoms with Crippen molar-refractivity contribution in [2.24, 2.45) is 0 Å². The SMILES string of the molecule is CCC[C@@H]1CN(c2cc(F)c(-n3cc(OCC)nn3)cc2NC(=O)c2nnc(CC)nc2Cl)CCN1C. The Hall–Kier alpha value is -3.38. The van der Waals surface area contributed by atoms with Crippen LogP contribution >= 0.6 is 11.6 Å². The molecular formula is C24H31ClFN9O2. The molecule has 1 amide bonds. The van der Waals surface area contributed by atoms with Gasteiger partial charge in [0, 0.05) is 38.2 Å². The van der Waals surface area contributed by atoms with E-state index in [0.29, 0.717) is 49.4 Å². The number of carbonyl (C=O) groups is 1. The fourth-order valence-electron chi connectivity index (χ4n) is 4.29. The fourth-order valence-corrected chi connectivity index (χ4v) is 4.51. The van der Waals surface area contributed by atoms with Gasteiger partial charge in [0.1, 0.15) is 5.69 Å². The van der Waals surface area contributed by atoms with E-state index < -0.39 is 11.7 Å². The van der Waals surface area contributed by atoms with Gasteiger partial charge in [-0.25, -0.2) is 14.1 Å². The first-order valence-electron chi connectivity index (χ1n) is 12.4. The lowest BCUT2D eigenvalue weighted by atomic mass is 10.1. The molecule has 1 aromatic carbocycles. The molecule has 3 heterocycles. The number of nitrogens with one attached hydrogen (secondary N) is 1. The third-order valence-electron chi connectivity index (χ3n) is 6.28. The molecule has 1 aliphatic heterocycles. The lowest BCUT2D eigenvalue weighted by Gasteiger charge is -2.41. The molecule has 3 aromatic rings. The summed E-state index contributed by atoms with van der Waals surface area (Å²) < 4.78 is 22.1. The van der Waals surface area contributed by atoms with E-state index in [-0.39, 0.29) is 22.4 Å². The van der Waals surface area contributed by atoms with E-state index in [1.54, 1.807) is 0 Å². The Morgan fingerprint density at radius 1 is 1.19 bits per heavy atom. The molecule has 0 radical (unpaired) electrons. The fraction of sp³-hybridized carbons (Fsp3) is 0.500. The van der Waals surface area contributed by atoms with Gasteiger partial charge in [-0.05, 0) is 26.5 Å². The number of hydrogen-bond donors (Lipinski definition) is 1. The number of aryl methyl sites for hydroxylation is 1. The second-order valence-corrected chi connectivity index (χ2v) is 9.16. The number of likely N-dealkylation sites (N-methyl/N-ethyl adjacent to an activating group) is 1. The predicted octanol–water partition coefficient (Wildman–Crippen LogP) is 3.38. The minimum Gasteiger partial charge on any atom is -0.476 e. The van der Waals surface area contributed by atoms with Gasteiger partial charge in [0.15, 0.2) is 22.5 Å². The molecule has 0 spiro atoms. The van der Waals surface area contributed by atoms with Gasteiger partial charge in [-0.2, -0.15) is 0 Å². The van der Waals surface area contributed by atoms with Crippen molar-refractivity contribution in [2.45, 2.75) is 46.1 Å². The first kappa shape index (κ1) is 26.7. The van der Waals surface area contributed by atoms with Gasteiger partial charge in [0.2, 0.25) is 0 Å². The summed E-state index contributed by atoms with van der Waals surface area (Å²) >= 11 is 6.23.